The van der Waals surface area contributed by atoms with E-state index in [1.807, 2.05) is 182 Å². The smallest absolute Gasteiger partial charge is 0.354 e. The minimum atomic E-state index is -0.963. The lowest BCUT2D eigenvalue weighted by molar-refractivity contribution is 0.0585. The molecule has 0 unspecified atom stereocenters. The summed E-state index contributed by atoms with van der Waals surface area (Å²) in [6, 6.07) is 19.0. The van der Waals surface area contributed by atoms with Crippen LogP contribution < -0.4 is 34.3 Å². The van der Waals surface area contributed by atoms with Gasteiger partial charge in [0.05, 0.1) is 115 Å². The van der Waals surface area contributed by atoms with E-state index >= 15 is 0 Å². The molecule has 1 aliphatic heterocycles. The maximum atomic E-state index is 12.2. The van der Waals surface area contributed by atoms with Crippen LogP contribution in [0.5, 0.6) is 29.4 Å². The van der Waals surface area contributed by atoms with Crippen molar-refractivity contribution < 1.29 is 52.7 Å². The predicted molar refractivity (Wildman–Crippen MR) is 471 cm³/mol. The van der Waals surface area contributed by atoms with E-state index < -0.39 is 5.97 Å². The Hall–Kier alpha value is -12.3. The van der Waals surface area contributed by atoms with Crippen molar-refractivity contribution in [2.24, 2.45) is 40.2 Å². The van der Waals surface area contributed by atoms with Gasteiger partial charge in [0.2, 0.25) is 29.4 Å². The van der Waals surface area contributed by atoms with Crippen LogP contribution in [0.3, 0.4) is 0 Å². The number of aromatic carboxylic acids is 1. The monoisotopic (exact) mass is 1860 g/mol. The number of fused-ring (bicyclic) bond motifs is 6. The molecule has 0 fully saturated rings. The van der Waals surface area contributed by atoms with Crippen molar-refractivity contribution in [3.8, 4) is 63.2 Å². The van der Waals surface area contributed by atoms with Crippen LogP contribution in [0.4, 0.5) is 0 Å². The summed E-state index contributed by atoms with van der Waals surface area (Å²) in [7, 11) is 22.0. The molecule has 3 N–H and O–H groups in total. The van der Waals surface area contributed by atoms with Gasteiger partial charge in [0.1, 0.15) is 52.4 Å². The number of aliphatic imine (C=N–C) groups is 1. The van der Waals surface area contributed by atoms with Gasteiger partial charge >= 0.3 is 11.9 Å². The molecule has 0 bridgehead atoms. The van der Waals surface area contributed by atoms with Crippen molar-refractivity contribution in [2.75, 3.05) is 56.8 Å². The van der Waals surface area contributed by atoms with E-state index in [4.69, 9.17) is 40.0 Å². The number of ether oxygens (including phenoxy) is 6. The highest BCUT2D eigenvalue weighted by Crippen LogP contribution is 2.40. The van der Waals surface area contributed by atoms with E-state index in [1.54, 1.807) is 122 Å². The lowest BCUT2D eigenvalue weighted by Crippen LogP contribution is -2.22. The number of carboxylic acid groups (broad SMARTS) is 1. The van der Waals surface area contributed by atoms with Gasteiger partial charge in [-0.2, -0.15) is 25.5 Å². The number of aryl methyl sites for hydroxylation is 5. The molecule has 34 nitrogen and oxygen atoms in total. The third kappa shape index (κ3) is 17.8. The van der Waals surface area contributed by atoms with Crippen LogP contribution in [0.25, 0.3) is 88.3 Å². The highest BCUT2D eigenvalue weighted by atomic mass is 127. The molecule has 1 aliphatic rings. The largest absolute Gasteiger partial charge is 0.480 e. The third-order valence-corrected chi connectivity index (χ3v) is 21.2. The Morgan fingerprint density at radius 2 is 0.731 bits per heavy atom. The zero-order valence-corrected chi connectivity index (χ0v) is 74.7. The Morgan fingerprint density at radius 1 is 0.420 bits per heavy atom. The Kier molecular flexibility index (Phi) is 27.6. The van der Waals surface area contributed by atoms with Gasteiger partial charge in [-0.05, 0) is 167 Å². The molecule has 2 amide bonds. The summed E-state index contributed by atoms with van der Waals surface area (Å²) in [5, 5.41) is 41.9. The van der Waals surface area contributed by atoms with Gasteiger partial charge in [0.25, 0.3) is 11.8 Å². The summed E-state index contributed by atoms with van der Waals surface area (Å²) in [5.41, 5.74) is 15.0. The van der Waals surface area contributed by atoms with E-state index in [1.165, 1.54) is 7.11 Å². The number of carboxylic acids is 1. The molecular weight excluding hydrogens is 1770 g/mol. The summed E-state index contributed by atoms with van der Waals surface area (Å²) in [6.45, 7) is 16.7. The Balaban J connectivity index is 0.000000142. The van der Waals surface area contributed by atoms with E-state index in [2.05, 4.69) is 116 Å². The predicted octanol–water partition coefficient (Wildman–Crippen LogP) is 13.9. The zero-order valence-electron chi connectivity index (χ0n) is 69.6. The average Bonchev–Trinajstić information content (AvgIpc) is 1.62. The van der Waals surface area contributed by atoms with Crippen molar-refractivity contribution in [3.05, 3.63) is 175 Å². The fourth-order valence-corrected chi connectivity index (χ4v) is 15.8. The van der Waals surface area contributed by atoms with Gasteiger partial charge < -0.3 is 62.4 Å². The summed E-state index contributed by atoms with van der Waals surface area (Å²) in [5.74, 6) is 1.13. The molecule has 0 aliphatic carbocycles. The summed E-state index contributed by atoms with van der Waals surface area (Å²) >= 11 is 10.2. The molecule has 0 spiro atoms. The fourth-order valence-electron chi connectivity index (χ4n) is 13.7. The number of esters is 1. The second-order valence-corrected chi connectivity index (χ2v) is 30.4. The van der Waals surface area contributed by atoms with Crippen molar-refractivity contribution in [2.45, 2.75) is 86.1 Å². The molecule has 622 valence electrons. The molecule has 0 radical (unpaired) electrons. The van der Waals surface area contributed by atoms with Gasteiger partial charge in [-0.3, -0.25) is 38.0 Å². The standard InChI is InChI=1S/C17H21N5O2.C17H20N4O3.C17H20N4O2.C16H18N4O3.C8H8IN3O.C7H5ClIN3/c1-10(2)22-9-11(8-13(22)16(23)18-3)15-14-12(21(4)20-15)6-7-19-17(14)24-5;1-10(2)21-9-11(8-13(21)17(22)24-5)15-14-12(20(3)19-15)6-7-18-16(14)23-4;1-10(2)21-9-12(7-13(21)16(22)18-3)15-14-11(8-20-15)5-6-19-17(14)23-4;1-9(2)20-8-10(7-12(20)16(21)22)14-13-11(19(3)18-14)5-6-17-15(13)23-4;1-12-5-3-4-10-8(13-2)6(5)7(9)11-12;1-12-4-2-3-10-6(8)5(4)7(9)11-12/h6-10H,1-5H3,(H,18,23);6-10H,1-5H3;5-7,9-10H,8H2,1-4H3,(H,18,22);5-9H,1-4H3,(H,21,22);3-4H,1-2H3;2-3H,1H3. The van der Waals surface area contributed by atoms with Crippen LogP contribution in [0.15, 0.2) is 128 Å². The third-order valence-electron chi connectivity index (χ3n) is 19.4. The van der Waals surface area contributed by atoms with Crippen LogP contribution in [0.2, 0.25) is 5.15 Å². The van der Waals surface area contributed by atoms with Gasteiger partial charge in [-0.15, -0.1) is 0 Å². The van der Waals surface area contributed by atoms with Crippen molar-refractivity contribution >= 4 is 141 Å². The first-order valence-corrected chi connectivity index (χ1v) is 39.8. The molecule has 16 rings (SSSR count). The number of methoxy groups -OCH3 is 6. The number of amides is 2. The maximum Gasteiger partial charge on any atom is 0.354 e. The van der Waals surface area contributed by atoms with E-state index in [0.717, 1.165) is 112 Å². The van der Waals surface area contributed by atoms with Crippen LogP contribution in [0.1, 0.15) is 138 Å². The molecule has 0 aromatic carbocycles. The van der Waals surface area contributed by atoms with Gasteiger partial charge in [-0.1, -0.05) is 11.6 Å². The fraction of sp³-hybridized carbons (Fsp3) is 0.317. The molecule has 16 heterocycles. The second-order valence-electron chi connectivity index (χ2n) is 28.0. The van der Waals surface area contributed by atoms with Crippen LogP contribution in [0, 0.1) is 7.40 Å². The van der Waals surface area contributed by atoms with E-state index in [9.17, 15) is 24.3 Å². The van der Waals surface area contributed by atoms with Crippen LogP contribution in [-0.2, 0) is 46.5 Å². The number of carbonyl (C=O) groups excluding carboxylic acids is 3. The summed E-state index contributed by atoms with van der Waals surface area (Å²) < 4.78 is 49.8. The Bertz CT molecular complexity index is 6160. The topological polar surface area (TPSA) is 366 Å². The van der Waals surface area contributed by atoms with Crippen LogP contribution in [-0.4, -0.2) is 188 Å². The molecular formula is C82H92ClI2N23O11. The number of nitrogens with zero attached hydrogens (tertiary/aromatic N) is 21. The first kappa shape index (κ1) is 87.5. The minimum absolute atomic E-state index is 0.0323. The van der Waals surface area contributed by atoms with Crippen molar-refractivity contribution in [1.82, 2.24) is 108 Å². The molecule has 119 heavy (non-hydrogen) atoms. The summed E-state index contributed by atoms with van der Waals surface area (Å²) in [4.78, 5) is 77.6. The Labute approximate surface area is 717 Å². The molecule has 37 heteroatoms. The molecule has 15 aromatic rings. The number of carbonyl (C=O) groups is 4. The first-order valence-electron chi connectivity index (χ1n) is 37.3. The van der Waals surface area contributed by atoms with E-state index in [0.29, 0.717) is 63.9 Å². The number of hydrogen-bond acceptors (Lipinski definition) is 22. The van der Waals surface area contributed by atoms with Gasteiger partial charge in [0.15, 0.2) is 0 Å². The van der Waals surface area contributed by atoms with Gasteiger partial charge in [-0.25, -0.2) is 39.5 Å². The Morgan fingerprint density at radius 3 is 1.10 bits per heavy atom. The highest BCUT2D eigenvalue weighted by Gasteiger charge is 2.29. The average molecular weight is 1870 g/mol. The van der Waals surface area contributed by atoms with Crippen molar-refractivity contribution in [3.63, 3.8) is 0 Å². The zero-order chi connectivity index (χ0) is 86.3. The second kappa shape index (κ2) is 37.5. The molecule has 0 saturated heterocycles. The number of aromatic nitrogens is 20. The number of nitrogens with one attached hydrogen (secondary N) is 2. The number of halogens is 3. The normalized spacial score (nSPS) is 11.5. The molecule has 0 saturated carbocycles. The van der Waals surface area contributed by atoms with Crippen molar-refractivity contribution in [1.29, 1.82) is 0 Å². The number of hydrogen-bond donors (Lipinski definition) is 3. The number of rotatable bonds is 17. The SMILES string of the molecule is CNC(=O)c1cc(-c2nn(C)c3ccnc(OC)c23)cn1C(C)C.CNC(=O)c1cc(C2=NCc3ccnc(OC)c32)cn1C(C)C.COC(=O)c1cc(-c2nn(C)c3ccnc(OC)c23)cn1C(C)C.COc1nccc2c1c(-c1cc(C(=O)O)n(C(C)C)c1)nn2C.COc1nccc2c1c(I)nn2C.Cn1nc(I)c2c(Cl)nccc21. The lowest BCUT2D eigenvalue weighted by atomic mass is 10.0. The highest BCUT2D eigenvalue weighted by molar-refractivity contribution is 14.1. The van der Waals surface area contributed by atoms with E-state index in [-0.39, 0.29) is 47.6 Å². The minimum Gasteiger partial charge on any atom is -0.480 e. The molecule has 15 aromatic heterocycles. The maximum absolute atomic E-state index is 12.2. The molecule has 0 atom stereocenters. The first-order chi connectivity index (χ1) is 56.9. The van der Waals surface area contributed by atoms with Crippen LogP contribution >= 0.6 is 56.8 Å². The number of pyridine rings is 6. The van der Waals surface area contributed by atoms with Gasteiger partial charge in [0, 0.05) is 158 Å². The quantitative estimate of drug-likeness (QED) is 0.0433. The summed E-state index contributed by atoms with van der Waals surface area (Å²) in [6.07, 6.45) is 17.8. The lowest BCUT2D eigenvalue weighted by Gasteiger charge is -2.11.